The van der Waals surface area contributed by atoms with Crippen LogP contribution in [-0.4, -0.2) is 23.4 Å². The predicted octanol–water partition coefficient (Wildman–Crippen LogP) is 3.70. The van der Waals surface area contributed by atoms with Crippen LogP contribution in [0.3, 0.4) is 0 Å². The van der Waals surface area contributed by atoms with Gasteiger partial charge < -0.3 is 10.1 Å². The number of halogens is 2. The Kier molecular flexibility index (Phi) is 5.73. The van der Waals surface area contributed by atoms with Crippen molar-refractivity contribution in [1.82, 2.24) is 0 Å². The molecule has 0 saturated carbocycles. The first-order valence-corrected chi connectivity index (χ1v) is 7.29. The number of ether oxygens (including phenoxy) is 1. The summed E-state index contributed by atoms with van der Waals surface area (Å²) in [5.41, 5.74) is -0.256. The van der Waals surface area contributed by atoms with Crippen LogP contribution in [0.5, 0.6) is 0 Å². The van der Waals surface area contributed by atoms with Crippen molar-refractivity contribution in [3.05, 3.63) is 68.2 Å². The highest BCUT2D eigenvalue weighted by Crippen LogP contribution is 2.25. The Labute approximate surface area is 146 Å². The van der Waals surface area contributed by atoms with E-state index in [0.717, 1.165) is 0 Å². The first-order valence-electron chi connectivity index (χ1n) is 6.54. The molecule has 0 aliphatic carbocycles. The van der Waals surface area contributed by atoms with E-state index in [1.807, 2.05) is 0 Å². The quantitative estimate of drug-likeness (QED) is 0.492. The van der Waals surface area contributed by atoms with Gasteiger partial charge in [0.05, 0.1) is 15.0 Å². The lowest BCUT2D eigenvalue weighted by Crippen LogP contribution is -2.21. The summed E-state index contributed by atoms with van der Waals surface area (Å²) in [5, 5.41) is 13.9. The summed E-state index contributed by atoms with van der Waals surface area (Å²) in [6.07, 6.45) is 0. The van der Waals surface area contributed by atoms with E-state index in [2.05, 4.69) is 5.32 Å². The van der Waals surface area contributed by atoms with E-state index in [9.17, 15) is 19.7 Å². The summed E-state index contributed by atoms with van der Waals surface area (Å²) < 4.78 is 4.79. The molecule has 0 fully saturated rings. The molecule has 7 nitrogen and oxygen atoms in total. The van der Waals surface area contributed by atoms with Crippen LogP contribution in [0.2, 0.25) is 10.0 Å². The van der Waals surface area contributed by atoms with Gasteiger partial charge in [-0.3, -0.25) is 14.9 Å². The Morgan fingerprint density at radius 2 is 1.83 bits per heavy atom. The van der Waals surface area contributed by atoms with Crippen molar-refractivity contribution in [2.24, 2.45) is 0 Å². The fourth-order valence-corrected chi connectivity index (χ4v) is 2.08. The zero-order valence-electron chi connectivity index (χ0n) is 12.0. The van der Waals surface area contributed by atoms with E-state index in [1.54, 1.807) is 0 Å². The first kappa shape index (κ1) is 17.7. The molecule has 0 saturated heterocycles. The molecule has 0 spiro atoms. The molecule has 0 aliphatic rings. The van der Waals surface area contributed by atoms with Gasteiger partial charge in [0.25, 0.3) is 11.6 Å². The molecular formula is C15H10Cl2N2O5. The van der Waals surface area contributed by atoms with E-state index in [0.29, 0.717) is 10.7 Å². The normalized spacial score (nSPS) is 10.1. The molecule has 2 aromatic rings. The van der Waals surface area contributed by atoms with Crippen LogP contribution in [0.4, 0.5) is 11.4 Å². The number of hydrogen-bond acceptors (Lipinski definition) is 5. The SMILES string of the molecule is O=C(COC(=O)c1ccccc1[N+](=O)[O-])Nc1ccc(Cl)c(Cl)c1. The molecule has 24 heavy (non-hydrogen) atoms. The minimum Gasteiger partial charge on any atom is -0.452 e. The lowest BCUT2D eigenvalue weighted by molar-refractivity contribution is -0.385. The van der Waals surface area contributed by atoms with E-state index in [4.69, 9.17) is 27.9 Å². The van der Waals surface area contributed by atoms with Gasteiger partial charge in [-0.05, 0) is 24.3 Å². The number of amides is 1. The highest BCUT2D eigenvalue weighted by Gasteiger charge is 2.21. The average Bonchev–Trinajstić information content (AvgIpc) is 2.56. The first-order chi connectivity index (χ1) is 11.4. The second kappa shape index (κ2) is 7.76. The number of carbonyl (C=O) groups is 2. The monoisotopic (exact) mass is 368 g/mol. The second-order valence-electron chi connectivity index (χ2n) is 4.53. The van der Waals surface area contributed by atoms with E-state index >= 15 is 0 Å². The summed E-state index contributed by atoms with van der Waals surface area (Å²) in [4.78, 5) is 33.8. The van der Waals surface area contributed by atoms with Crippen molar-refractivity contribution in [2.75, 3.05) is 11.9 Å². The molecule has 0 heterocycles. The molecule has 0 radical (unpaired) electrons. The van der Waals surface area contributed by atoms with E-state index in [1.165, 1.54) is 42.5 Å². The van der Waals surface area contributed by atoms with Crippen LogP contribution in [0.15, 0.2) is 42.5 Å². The molecule has 0 atom stereocenters. The molecule has 0 aromatic heterocycles. The van der Waals surface area contributed by atoms with Crippen LogP contribution in [-0.2, 0) is 9.53 Å². The Balaban J connectivity index is 1.97. The standard InChI is InChI=1S/C15H10Cl2N2O5/c16-11-6-5-9(7-12(11)17)18-14(20)8-24-15(21)10-3-1-2-4-13(10)19(22)23/h1-7H,8H2,(H,18,20). The molecule has 2 rings (SSSR count). The number of nitrogens with one attached hydrogen (secondary N) is 1. The molecule has 1 amide bonds. The van der Waals surface area contributed by atoms with Crippen molar-refractivity contribution < 1.29 is 19.2 Å². The maximum Gasteiger partial charge on any atom is 0.345 e. The number of hydrogen-bond donors (Lipinski definition) is 1. The molecule has 1 N–H and O–H groups in total. The van der Waals surface area contributed by atoms with Gasteiger partial charge in [-0.15, -0.1) is 0 Å². The number of nitrogens with zero attached hydrogens (tertiary/aromatic N) is 1. The Morgan fingerprint density at radius 3 is 2.50 bits per heavy atom. The number of nitro groups is 1. The molecular weight excluding hydrogens is 359 g/mol. The topological polar surface area (TPSA) is 98.5 Å². The number of benzene rings is 2. The lowest BCUT2D eigenvalue weighted by Gasteiger charge is -2.07. The Hall–Kier alpha value is -2.64. The summed E-state index contributed by atoms with van der Waals surface area (Å²) in [6.45, 7) is -0.606. The van der Waals surface area contributed by atoms with E-state index in [-0.39, 0.29) is 10.6 Å². The van der Waals surface area contributed by atoms with Gasteiger partial charge in [0.2, 0.25) is 0 Å². The maximum absolute atomic E-state index is 11.9. The molecule has 0 unspecified atom stereocenters. The van der Waals surface area contributed by atoms with Crippen LogP contribution in [0, 0.1) is 10.1 Å². The molecule has 9 heteroatoms. The third-order valence-electron chi connectivity index (χ3n) is 2.86. The number of nitro benzene ring substituents is 1. The summed E-state index contributed by atoms with van der Waals surface area (Å²) >= 11 is 11.6. The largest absolute Gasteiger partial charge is 0.452 e. The molecule has 124 valence electrons. The number of rotatable bonds is 5. The Morgan fingerprint density at radius 1 is 1.12 bits per heavy atom. The van der Waals surface area contributed by atoms with Crippen molar-refractivity contribution >= 4 is 46.5 Å². The number of para-hydroxylation sites is 1. The number of anilines is 1. The third-order valence-corrected chi connectivity index (χ3v) is 3.60. The van der Waals surface area contributed by atoms with Crippen molar-refractivity contribution in [3.63, 3.8) is 0 Å². The third kappa shape index (κ3) is 4.43. The van der Waals surface area contributed by atoms with Gasteiger partial charge in [0, 0.05) is 11.8 Å². The minimum atomic E-state index is -0.966. The van der Waals surface area contributed by atoms with Gasteiger partial charge in [0.15, 0.2) is 6.61 Å². The zero-order chi connectivity index (χ0) is 17.7. The number of carbonyl (C=O) groups excluding carboxylic acids is 2. The van der Waals surface area contributed by atoms with Crippen molar-refractivity contribution in [3.8, 4) is 0 Å². The Bertz CT molecular complexity index is 810. The van der Waals surface area contributed by atoms with Crippen LogP contribution < -0.4 is 5.32 Å². The highest BCUT2D eigenvalue weighted by atomic mass is 35.5. The van der Waals surface area contributed by atoms with Crippen molar-refractivity contribution in [1.29, 1.82) is 0 Å². The fourth-order valence-electron chi connectivity index (χ4n) is 1.79. The highest BCUT2D eigenvalue weighted by molar-refractivity contribution is 6.42. The zero-order valence-corrected chi connectivity index (χ0v) is 13.5. The minimum absolute atomic E-state index is 0.232. The van der Waals surface area contributed by atoms with Gasteiger partial charge >= 0.3 is 5.97 Å². The molecule has 2 aromatic carbocycles. The second-order valence-corrected chi connectivity index (χ2v) is 5.34. The smallest absolute Gasteiger partial charge is 0.345 e. The molecule has 0 aliphatic heterocycles. The van der Waals surface area contributed by atoms with Gasteiger partial charge in [-0.25, -0.2) is 4.79 Å². The fraction of sp³-hybridized carbons (Fsp3) is 0.0667. The molecule has 0 bridgehead atoms. The average molecular weight is 369 g/mol. The van der Waals surface area contributed by atoms with Gasteiger partial charge in [0.1, 0.15) is 5.56 Å². The van der Waals surface area contributed by atoms with E-state index < -0.39 is 29.1 Å². The van der Waals surface area contributed by atoms with Crippen LogP contribution >= 0.6 is 23.2 Å². The lowest BCUT2D eigenvalue weighted by atomic mass is 10.2. The van der Waals surface area contributed by atoms with Crippen LogP contribution in [0.25, 0.3) is 0 Å². The van der Waals surface area contributed by atoms with Gasteiger partial charge in [-0.2, -0.15) is 0 Å². The summed E-state index contributed by atoms with van der Waals surface area (Å²) in [6, 6.07) is 9.76. The van der Waals surface area contributed by atoms with Gasteiger partial charge in [-0.1, -0.05) is 35.3 Å². The summed E-state index contributed by atoms with van der Waals surface area (Å²) in [7, 11) is 0. The number of esters is 1. The summed E-state index contributed by atoms with van der Waals surface area (Å²) in [5.74, 6) is -1.59. The van der Waals surface area contributed by atoms with Crippen molar-refractivity contribution in [2.45, 2.75) is 0 Å². The predicted molar refractivity (Wildman–Crippen MR) is 88.5 cm³/mol. The van der Waals surface area contributed by atoms with Crippen LogP contribution in [0.1, 0.15) is 10.4 Å². The maximum atomic E-state index is 11.9.